The molecule has 1 saturated carbocycles. The van der Waals surface area contributed by atoms with E-state index in [1.54, 1.807) is 12.1 Å². The predicted octanol–water partition coefficient (Wildman–Crippen LogP) is 4.53. The first kappa shape index (κ1) is 19.2. The van der Waals surface area contributed by atoms with Gasteiger partial charge in [0.05, 0.1) is 4.90 Å². The number of para-hydroxylation sites is 1. The highest BCUT2D eigenvalue weighted by Crippen LogP contribution is 2.54. The van der Waals surface area contributed by atoms with Crippen LogP contribution in [0.5, 0.6) is 0 Å². The van der Waals surface area contributed by atoms with Crippen molar-refractivity contribution in [3.63, 3.8) is 0 Å². The molecule has 2 N–H and O–H groups in total. The van der Waals surface area contributed by atoms with Crippen molar-refractivity contribution in [2.75, 3.05) is 11.9 Å². The highest BCUT2D eigenvalue weighted by Gasteiger charge is 2.50. The second kappa shape index (κ2) is 7.37. The van der Waals surface area contributed by atoms with E-state index in [2.05, 4.69) is 40.9 Å². The van der Waals surface area contributed by atoms with E-state index in [1.807, 2.05) is 19.1 Å². The van der Waals surface area contributed by atoms with Gasteiger partial charge < -0.3 is 5.32 Å². The van der Waals surface area contributed by atoms with Crippen molar-refractivity contribution in [3.8, 4) is 0 Å². The fourth-order valence-corrected chi connectivity index (χ4v) is 5.93. The Balaban J connectivity index is 1.41. The molecule has 5 heteroatoms. The average molecular weight is 397 g/mol. The molecule has 2 atom stereocenters. The maximum atomic E-state index is 12.5. The number of hydrogen-bond donors (Lipinski definition) is 2. The smallest absolute Gasteiger partial charge is 0.240 e. The van der Waals surface area contributed by atoms with Crippen LogP contribution in [0, 0.1) is 6.92 Å². The van der Waals surface area contributed by atoms with Crippen molar-refractivity contribution in [3.05, 3.63) is 71.8 Å². The Morgan fingerprint density at radius 2 is 1.93 bits per heavy atom. The van der Waals surface area contributed by atoms with Crippen LogP contribution >= 0.6 is 0 Å². The van der Waals surface area contributed by atoms with E-state index in [9.17, 15) is 8.42 Å². The first-order chi connectivity index (χ1) is 13.4. The number of nitrogens with one attached hydrogen (secondary N) is 2. The number of hydrogen-bond acceptors (Lipinski definition) is 3. The van der Waals surface area contributed by atoms with E-state index in [4.69, 9.17) is 0 Å². The minimum Gasteiger partial charge on any atom is -0.381 e. The molecular formula is C23H28N2O2S. The minimum atomic E-state index is -3.45. The van der Waals surface area contributed by atoms with Crippen LogP contribution in [0.3, 0.4) is 0 Å². The van der Waals surface area contributed by atoms with Crippen molar-refractivity contribution in [2.45, 2.75) is 55.4 Å². The molecule has 0 bridgehead atoms. The summed E-state index contributed by atoms with van der Waals surface area (Å²) in [6, 6.07) is 15.8. The average Bonchev–Trinajstić information content (AvgIpc) is 3.21. The summed E-state index contributed by atoms with van der Waals surface area (Å²) in [7, 11) is -3.45. The van der Waals surface area contributed by atoms with Crippen LogP contribution < -0.4 is 10.0 Å². The standard InChI is InChI=1S/C23H28N2O2S/c1-17-11-13-19(14-12-17)28(26,27)24-16-6-10-22-23(15-5-7-18(23)2)20-8-3-4-9-21(20)25-22/h3-4,8-9,11-14,22,24-25H,2,5-7,10,15-16H2,1H3/t22-,23-/m0/s1. The van der Waals surface area contributed by atoms with E-state index in [0.717, 1.165) is 31.2 Å². The van der Waals surface area contributed by atoms with Crippen LogP contribution in [0.1, 0.15) is 43.2 Å². The molecule has 4 rings (SSSR count). The Morgan fingerprint density at radius 3 is 2.64 bits per heavy atom. The summed E-state index contributed by atoms with van der Waals surface area (Å²) < 4.78 is 27.7. The lowest BCUT2D eigenvalue weighted by Crippen LogP contribution is -2.38. The highest BCUT2D eigenvalue weighted by molar-refractivity contribution is 7.89. The molecule has 1 aliphatic heterocycles. The van der Waals surface area contributed by atoms with Gasteiger partial charge in [-0.05, 0) is 62.8 Å². The van der Waals surface area contributed by atoms with Crippen LogP contribution in [-0.4, -0.2) is 21.0 Å². The van der Waals surface area contributed by atoms with E-state index in [1.165, 1.54) is 23.2 Å². The Hall–Kier alpha value is -2.11. The first-order valence-electron chi connectivity index (χ1n) is 10.0. The molecular weight excluding hydrogens is 368 g/mol. The number of benzene rings is 2. The summed E-state index contributed by atoms with van der Waals surface area (Å²) in [5.41, 5.74) is 4.94. The normalized spacial score (nSPS) is 23.8. The Kier molecular flexibility index (Phi) is 5.06. The van der Waals surface area contributed by atoms with Gasteiger partial charge in [0, 0.05) is 23.7 Å². The van der Waals surface area contributed by atoms with Gasteiger partial charge in [-0.1, -0.05) is 48.0 Å². The van der Waals surface area contributed by atoms with Crippen molar-refractivity contribution < 1.29 is 8.42 Å². The van der Waals surface area contributed by atoms with Gasteiger partial charge in [-0.2, -0.15) is 0 Å². The van der Waals surface area contributed by atoms with Crippen LogP contribution in [0.15, 0.2) is 65.6 Å². The molecule has 0 saturated heterocycles. The molecule has 28 heavy (non-hydrogen) atoms. The molecule has 0 aromatic heterocycles. The van der Waals surface area contributed by atoms with Crippen molar-refractivity contribution >= 4 is 15.7 Å². The summed E-state index contributed by atoms with van der Waals surface area (Å²) in [5.74, 6) is 0. The Labute approximate surface area is 168 Å². The molecule has 1 fully saturated rings. The lowest BCUT2D eigenvalue weighted by Gasteiger charge is -2.33. The molecule has 1 aliphatic carbocycles. The molecule has 148 valence electrons. The molecule has 4 nitrogen and oxygen atoms in total. The van der Waals surface area contributed by atoms with E-state index < -0.39 is 10.0 Å². The zero-order chi connectivity index (χ0) is 19.8. The summed E-state index contributed by atoms with van der Waals surface area (Å²) in [6.07, 6.45) is 5.06. The highest BCUT2D eigenvalue weighted by atomic mass is 32.2. The quantitative estimate of drug-likeness (QED) is 0.557. The van der Waals surface area contributed by atoms with Gasteiger partial charge in [-0.25, -0.2) is 13.1 Å². The third-order valence-corrected chi connectivity index (χ3v) is 7.78. The van der Waals surface area contributed by atoms with Gasteiger partial charge >= 0.3 is 0 Å². The molecule has 0 radical (unpaired) electrons. The molecule has 2 aromatic rings. The second-order valence-electron chi connectivity index (χ2n) is 8.02. The van der Waals surface area contributed by atoms with E-state index in [0.29, 0.717) is 11.4 Å². The monoisotopic (exact) mass is 396 g/mol. The van der Waals surface area contributed by atoms with Crippen molar-refractivity contribution in [1.29, 1.82) is 0 Å². The van der Waals surface area contributed by atoms with Gasteiger partial charge in [0.15, 0.2) is 0 Å². The molecule has 2 aromatic carbocycles. The van der Waals surface area contributed by atoms with Gasteiger partial charge in [0.2, 0.25) is 10.0 Å². The Morgan fingerprint density at radius 1 is 1.18 bits per heavy atom. The largest absolute Gasteiger partial charge is 0.381 e. The molecule has 1 spiro atoms. The zero-order valence-electron chi connectivity index (χ0n) is 16.4. The molecule has 0 unspecified atom stereocenters. The number of aryl methyl sites for hydroxylation is 1. The van der Waals surface area contributed by atoms with Gasteiger partial charge in [-0.3, -0.25) is 0 Å². The Bertz CT molecular complexity index is 982. The van der Waals surface area contributed by atoms with Crippen LogP contribution in [-0.2, 0) is 15.4 Å². The van der Waals surface area contributed by atoms with Gasteiger partial charge in [-0.15, -0.1) is 0 Å². The molecule has 0 amide bonds. The predicted molar refractivity (Wildman–Crippen MR) is 114 cm³/mol. The molecule has 2 aliphatic rings. The van der Waals surface area contributed by atoms with Gasteiger partial charge in [0.25, 0.3) is 0 Å². The number of fused-ring (bicyclic) bond motifs is 2. The lowest BCUT2D eigenvalue weighted by atomic mass is 9.71. The number of rotatable bonds is 6. The fraction of sp³-hybridized carbons (Fsp3) is 0.391. The SMILES string of the molecule is C=C1CCC[C@@]12c1ccccc1N[C@H]2CCCNS(=O)(=O)c1ccc(C)cc1. The van der Waals surface area contributed by atoms with Crippen LogP contribution in [0.25, 0.3) is 0 Å². The maximum Gasteiger partial charge on any atom is 0.240 e. The maximum absolute atomic E-state index is 12.5. The zero-order valence-corrected chi connectivity index (χ0v) is 17.2. The minimum absolute atomic E-state index is 0.00637. The van der Waals surface area contributed by atoms with Crippen molar-refractivity contribution in [2.24, 2.45) is 0 Å². The summed E-state index contributed by atoms with van der Waals surface area (Å²) in [4.78, 5) is 0.324. The lowest BCUT2D eigenvalue weighted by molar-refractivity contribution is 0.425. The van der Waals surface area contributed by atoms with E-state index >= 15 is 0 Å². The second-order valence-corrected chi connectivity index (χ2v) is 9.79. The van der Waals surface area contributed by atoms with Crippen molar-refractivity contribution in [1.82, 2.24) is 4.72 Å². The fourth-order valence-electron chi connectivity index (χ4n) is 4.85. The summed E-state index contributed by atoms with van der Waals surface area (Å²) in [5, 5.41) is 3.70. The number of sulfonamides is 1. The third-order valence-electron chi connectivity index (χ3n) is 6.31. The van der Waals surface area contributed by atoms with E-state index in [-0.39, 0.29) is 11.5 Å². The topological polar surface area (TPSA) is 58.2 Å². The summed E-state index contributed by atoms with van der Waals surface area (Å²) in [6.45, 7) is 6.79. The number of anilines is 1. The molecule has 1 heterocycles. The summed E-state index contributed by atoms with van der Waals surface area (Å²) >= 11 is 0. The van der Waals surface area contributed by atoms with Gasteiger partial charge in [0.1, 0.15) is 0 Å². The third kappa shape index (κ3) is 3.27. The van der Waals surface area contributed by atoms with Crippen LogP contribution in [0.2, 0.25) is 0 Å². The first-order valence-corrected chi connectivity index (χ1v) is 11.5. The van der Waals surface area contributed by atoms with Crippen LogP contribution in [0.4, 0.5) is 5.69 Å².